The predicted octanol–water partition coefficient (Wildman–Crippen LogP) is 3.43. The molecule has 1 heterocycles. The molecule has 2 aliphatic rings. The van der Waals surface area contributed by atoms with Crippen LogP contribution in [0.4, 0.5) is 0 Å². The molecule has 0 bridgehead atoms. The maximum Gasteiger partial charge on any atom is 0.252 e. The summed E-state index contributed by atoms with van der Waals surface area (Å²) in [4.78, 5) is 36.0. The monoisotopic (exact) mass is 505 g/mol. The first-order valence-electron chi connectivity index (χ1n) is 12.4. The molecule has 194 valence electrons. The lowest BCUT2D eigenvalue weighted by Gasteiger charge is -2.10. The number of hydrogen-bond acceptors (Lipinski definition) is 6. The van der Waals surface area contributed by atoms with Gasteiger partial charge in [0, 0.05) is 30.7 Å². The molecule has 0 atom stereocenters. The fraction of sp³-hybridized carbons (Fsp3) is 0.321. The summed E-state index contributed by atoms with van der Waals surface area (Å²) in [6.45, 7) is 0.684. The molecule has 3 amide bonds. The Morgan fingerprint density at radius 3 is 2.46 bits per heavy atom. The third-order valence-electron chi connectivity index (χ3n) is 6.02. The Labute approximate surface area is 215 Å². The van der Waals surface area contributed by atoms with Crippen LogP contribution >= 0.6 is 0 Å². The number of ether oxygens (including phenoxy) is 2. The lowest BCUT2D eigenvalue weighted by Crippen LogP contribution is -2.26. The van der Waals surface area contributed by atoms with Crippen molar-refractivity contribution in [3.8, 4) is 11.5 Å². The summed E-state index contributed by atoms with van der Waals surface area (Å²) in [6.07, 6.45) is 9.49. The highest BCUT2D eigenvalue weighted by Crippen LogP contribution is 2.35. The zero-order chi connectivity index (χ0) is 26.0. The van der Waals surface area contributed by atoms with Crippen molar-refractivity contribution >= 4 is 35.4 Å². The fourth-order valence-electron chi connectivity index (χ4n) is 3.79. The summed E-state index contributed by atoms with van der Waals surface area (Å²) in [7, 11) is 0. The van der Waals surface area contributed by atoms with Crippen molar-refractivity contribution in [2.75, 3.05) is 13.3 Å². The van der Waals surface area contributed by atoms with Gasteiger partial charge in [0.1, 0.15) is 0 Å². The third-order valence-corrected chi connectivity index (χ3v) is 6.02. The van der Waals surface area contributed by atoms with E-state index >= 15 is 0 Å². The number of nitrogens with one attached hydrogen (secondary N) is 3. The van der Waals surface area contributed by atoms with Crippen molar-refractivity contribution in [3.05, 3.63) is 65.2 Å². The van der Waals surface area contributed by atoms with E-state index in [9.17, 15) is 14.4 Å². The van der Waals surface area contributed by atoms with Gasteiger partial charge in [-0.25, -0.2) is 5.48 Å². The Balaban J connectivity index is 1.34. The number of carbonyl (C=O) groups excluding carboxylic acids is 3. The molecular weight excluding hydrogens is 474 g/mol. The molecule has 2 aromatic rings. The number of rotatable bonds is 12. The topological polar surface area (TPSA) is 126 Å². The van der Waals surface area contributed by atoms with Gasteiger partial charge in [0.2, 0.25) is 18.6 Å². The van der Waals surface area contributed by atoms with Gasteiger partial charge in [-0.1, -0.05) is 36.8 Å². The molecule has 1 aliphatic carbocycles. The number of unbranched alkanes of at least 4 members (excludes halogenated alkanes) is 2. The Morgan fingerprint density at radius 2 is 1.70 bits per heavy atom. The van der Waals surface area contributed by atoms with Crippen LogP contribution in [0.25, 0.3) is 17.7 Å². The normalized spacial score (nSPS) is 14.5. The molecule has 0 radical (unpaired) electrons. The minimum absolute atomic E-state index is 0.126. The van der Waals surface area contributed by atoms with Crippen LogP contribution < -0.4 is 25.6 Å². The van der Waals surface area contributed by atoms with E-state index in [1.807, 2.05) is 48.5 Å². The maximum absolute atomic E-state index is 13.0. The van der Waals surface area contributed by atoms with Crippen molar-refractivity contribution in [2.45, 2.75) is 44.6 Å². The molecule has 1 saturated carbocycles. The number of hydroxylamine groups is 1. The molecule has 1 fully saturated rings. The third kappa shape index (κ3) is 7.94. The molecule has 0 spiro atoms. The van der Waals surface area contributed by atoms with Gasteiger partial charge in [0.15, 0.2) is 11.5 Å². The van der Waals surface area contributed by atoms with Crippen LogP contribution in [-0.4, -0.2) is 42.3 Å². The first-order valence-corrected chi connectivity index (χ1v) is 12.4. The Kier molecular flexibility index (Phi) is 8.93. The van der Waals surface area contributed by atoms with Gasteiger partial charge in [-0.2, -0.15) is 0 Å². The number of fused-ring (bicyclic) bond motifs is 1. The smallest absolute Gasteiger partial charge is 0.252 e. The highest BCUT2D eigenvalue weighted by molar-refractivity contribution is 6.24. The van der Waals surface area contributed by atoms with Gasteiger partial charge >= 0.3 is 0 Å². The Hall–Kier alpha value is -4.11. The van der Waals surface area contributed by atoms with Crippen LogP contribution in [0, 0.1) is 0 Å². The average Bonchev–Trinajstić information content (AvgIpc) is 3.60. The van der Waals surface area contributed by atoms with Gasteiger partial charge in [0.05, 0.1) is 0 Å². The van der Waals surface area contributed by atoms with E-state index in [0.717, 1.165) is 42.4 Å². The second kappa shape index (κ2) is 12.7. The van der Waals surface area contributed by atoms with Crippen molar-refractivity contribution < 1.29 is 29.1 Å². The van der Waals surface area contributed by atoms with Gasteiger partial charge in [-0.15, -0.1) is 0 Å². The van der Waals surface area contributed by atoms with E-state index in [1.54, 1.807) is 11.6 Å². The molecule has 0 unspecified atom stereocenters. The molecular formula is C28H31N3O6. The first-order chi connectivity index (χ1) is 18.0. The van der Waals surface area contributed by atoms with Crippen LogP contribution in [0.1, 0.15) is 55.2 Å². The minimum atomic E-state index is -0.404. The van der Waals surface area contributed by atoms with E-state index in [2.05, 4.69) is 10.6 Å². The van der Waals surface area contributed by atoms with Crippen molar-refractivity contribution in [1.82, 2.24) is 16.1 Å². The van der Waals surface area contributed by atoms with Gasteiger partial charge in [-0.3, -0.25) is 19.6 Å². The molecule has 9 heteroatoms. The second-order valence-electron chi connectivity index (χ2n) is 9.01. The van der Waals surface area contributed by atoms with Gasteiger partial charge < -0.3 is 20.1 Å². The summed E-state index contributed by atoms with van der Waals surface area (Å²) in [5, 5.41) is 14.3. The van der Waals surface area contributed by atoms with E-state index in [-0.39, 0.29) is 31.1 Å². The molecule has 37 heavy (non-hydrogen) atoms. The van der Waals surface area contributed by atoms with E-state index in [4.69, 9.17) is 14.7 Å². The van der Waals surface area contributed by atoms with Crippen LogP contribution in [0.2, 0.25) is 0 Å². The van der Waals surface area contributed by atoms with E-state index < -0.39 is 5.91 Å². The Morgan fingerprint density at radius 1 is 0.946 bits per heavy atom. The second-order valence-corrected chi connectivity index (χ2v) is 9.01. The highest BCUT2D eigenvalue weighted by atomic mass is 16.7. The maximum atomic E-state index is 13.0. The molecule has 2 aromatic carbocycles. The molecule has 4 rings (SSSR count). The average molecular weight is 506 g/mol. The summed E-state index contributed by atoms with van der Waals surface area (Å²) in [6, 6.07) is 13.3. The molecule has 9 nitrogen and oxygen atoms in total. The number of amides is 3. The van der Waals surface area contributed by atoms with Crippen LogP contribution in [0.15, 0.2) is 48.5 Å². The van der Waals surface area contributed by atoms with Crippen LogP contribution in [0.3, 0.4) is 0 Å². The largest absolute Gasteiger partial charge is 0.454 e. The zero-order valence-corrected chi connectivity index (χ0v) is 20.5. The van der Waals surface area contributed by atoms with Gasteiger partial charge in [-0.05, 0) is 66.7 Å². The van der Waals surface area contributed by atoms with Crippen molar-refractivity contribution in [2.24, 2.45) is 0 Å². The summed E-state index contributed by atoms with van der Waals surface area (Å²) >= 11 is 0. The van der Waals surface area contributed by atoms with Crippen LogP contribution in [0.5, 0.6) is 11.5 Å². The quantitative estimate of drug-likeness (QED) is 0.115. The van der Waals surface area contributed by atoms with E-state index in [1.165, 1.54) is 6.08 Å². The molecule has 0 saturated heterocycles. The minimum Gasteiger partial charge on any atom is -0.454 e. The summed E-state index contributed by atoms with van der Waals surface area (Å²) < 4.78 is 10.9. The summed E-state index contributed by atoms with van der Waals surface area (Å²) in [5.74, 6) is 0.560. The van der Waals surface area contributed by atoms with Gasteiger partial charge in [0.25, 0.3) is 5.91 Å². The number of benzene rings is 2. The fourth-order valence-corrected chi connectivity index (χ4v) is 3.79. The lowest BCUT2D eigenvalue weighted by atomic mass is 10.0. The Bertz CT molecular complexity index is 1180. The van der Waals surface area contributed by atoms with E-state index in [0.29, 0.717) is 30.0 Å². The standard InChI is InChI=1S/C28H31N3O6/c32-26(29-15-3-1-2-4-27(33)31-35)14-9-19-5-7-20(8-6-19)16-23(28(34)30-22-11-12-22)21-10-13-24-25(17-21)37-18-36-24/h5-10,13-14,16-17,22,35H,1-4,11-12,15,18H2,(H,29,32)(H,30,34)(H,31,33)/b14-9?,23-16+. The number of carbonyl (C=O) groups is 3. The molecule has 0 aromatic heterocycles. The lowest BCUT2D eigenvalue weighted by molar-refractivity contribution is -0.129. The highest BCUT2D eigenvalue weighted by Gasteiger charge is 2.26. The number of hydrogen-bond donors (Lipinski definition) is 4. The first kappa shape index (κ1) is 26.0. The van der Waals surface area contributed by atoms with Crippen molar-refractivity contribution in [1.29, 1.82) is 0 Å². The summed E-state index contributed by atoms with van der Waals surface area (Å²) in [5.41, 5.74) is 4.61. The van der Waals surface area contributed by atoms with Crippen LogP contribution in [-0.2, 0) is 14.4 Å². The predicted molar refractivity (Wildman–Crippen MR) is 138 cm³/mol. The SMILES string of the molecule is O=C(C=Cc1ccc(/C=C(/C(=O)NC2CC2)c2ccc3c(c2)OCO3)cc1)NCCCCCC(=O)NO. The molecule has 4 N–H and O–H groups in total. The molecule has 1 aliphatic heterocycles. The zero-order valence-electron chi connectivity index (χ0n) is 20.5. The van der Waals surface area contributed by atoms with Crippen molar-refractivity contribution in [3.63, 3.8) is 0 Å².